The molecule has 2 heterocycles. The number of ether oxygens (including phenoxy) is 1. The molecule has 32 heavy (non-hydrogen) atoms. The van der Waals surface area contributed by atoms with E-state index >= 15 is 0 Å². The van der Waals surface area contributed by atoms with Crippen molar-refractivity contribution in [2.45, 2.75) is 76.8 Å². The molecule has 2 aromatic rings. The van der Waals surface area contributed by atoms with Crippen molar-refractivity contribution in [3.05, 3.63) is 47.1 Å². The minimum atomic E-state index is 0.0613. The highest BCUT2D eigenvalue weighted by Crippen LogP contribution is 2.27. The van der Waals surface area contributed by atoms with Gasteiger partial charge in [-0.05, 0) is 82.3 Å². The van der Waals surface area contributed by atoms with E-state index in [2.05, 4.69) is 17.1 Å². The van der Waals surface area contributed by atoms with Crippen LogP contribution in [0.3, 0.4) is 0 Å². The summed E-state index contributed by atoms with van der Waals surface area (Å²) >= 11 is 0. The van der Waals surface area contributed by atoms with Crippen LogP contribution in [0, 0.1) is 0 Å². The van der Waals surface area contributed by atoms with Crippen LogP contribution in [0.5, 0.6) is 5.75 Å². The first-order valence-corrected chi connectivity index (χ1v) is 12.7. The highest BCUT2D eigenvalue weighted by atomic mass is 16.5. The molecule has 2 fully saturated rings. The van der Waals surface area contributed by atoms with Crippen LogP contribution in [-0.2, 0) is 0 Å². The van der Waals surface area contributed by atoms with Gasteiger partial charge in [0.05, 0.1) is 12.3 Å². The maximum Gasteiger partial charge on any atom is 0.332 e. The minimum absolute atomic E-state index is 0.0613. The van der Waals surface area contributed by atoms with Gasteiger partial charge in [-0.2, -0.15) is 0 Å². The van der Waals surface area contributed by atoms with Gasteiger partial charge in [0.2, 0.25) is 0 Å². The fraction of sp³-hybridized carbons (Fsp3) is 0.654. The molecule has 2 aliphatic rings. The Labute approximate surface area is 192 Å². The van der Waals surface area contributed by atoms with Gasteiger partial charge < -0.3 is 15.0 Å². The lowest BCUT2D eigenvalue weighted by Crippen LogP contribution is -2.41. The lowest BCUT2D eigenvalue weighted by atomic mass is 9.91. The van der Waals surface area contributed by atoms with Gasteiger partial charge in [0, 0.05) is 37.6 Å². The Kier molecular flexibility index (Phi) is 8.46. The largest absolute Gasteiger partial charge is 0.494 e. The van der Waals surface area contributed by atoms with Crippen LogP contribution < -0.4 is 15.7 Å². The number of piperidine rings is 1. The van der Waals surface area contributed by atoms with Crippen molar-refractivity contribution >= 4 is 0 Å². The maximum atomic E-state index is 13.1. The molecule has 1 N–H and O–H groups in total. The summed E-state index contributed by atoms with van der Waals surface area (Å²) in [7, 11) is 0. The SMILES string of the molecule is CCCCOc1ccc(-n2ccn(C3CCC(NCCN4CCCCC4)CC3)c2=O)cc1. The highest BCUT2D eigenvalue weighted by molar-refractivity contribution is 5.37. The average Bonchev–Trinajstić information content (AvgIpc) is 3.22. The molecule has 1 aliphatic heterocycles. The van der Waals surface area contributed by atoms with E-state index in [9.17, 15) is 4.79 Å². The second-order valence-corrected chi connectivity index (χ2v) is 9.42. The molecule has 4 rings (SSSR count). The maximum absolute atomic E-state index is 13.1. The average molecular weight is 441 g/mol. The van der Waals surface area contributed by atoms with E-state index in [-0.39, 0.29) is 5.69 Å². The van der Waals surface area contributed by atoms with Crippen molar-refractivity contribution in [3.63, 3.8) is 0 Å². The van der Waals surface area contributed by atoms with Crippen molar-refractivity contribution in [2.75, 3.05) is 32.8 Å². The van der Waals surface area contributed by atoms with Crippen molar-refractivity contribution in [1.29, 1.82) is 0 Å². The van der Waals surface area contributed by atoms with E-state index in [1.807, 2.05) is 41.2 Å². The van der Waals surface area contributed by atoms with Crippen molar-refractivity contribution in [2.24, 2.45) is 0 Å². The molecule has 1 aliphatic carbocycles. The van der Waals surface area contributed by atoms with Crippen LogP contribution >= 0.6 is 0 Å². The third-order valence-electron chi connectivity index (χ3n) is 7.08. The van der Waals surface area contributed by atoms with Gasteiger partial charge in [0.25, 0.3) is 0 Å². The van der Waals surface area contributed by atoms with Crippen LogP contribution in [0.2, 0.25) is 0 Å². The third-order valence-corrected chi connectivity index (χ3v) is 7.08. The summed E-state index contributed by atoms with van der Waals surface area (Å²) < 4.78 is 9.43. The van der Waals surface area contributed by atoms with E-state index in [0.29, 0.717) is 12.1 Å². The monoisotopic (exact) mass is 440 g/mol. The Morgan fingerprint density at radius 2 is 1.75 bits per heavy atom. The van der Waals surface area contributed by atoms with E-state index in [4.69, 9.17) is 4.74 Å². The second-order valence-electron chi connectivity index (χ2n) is 9.42. The lowest BCUT2D eigenvalue weighted by molar-refractivity contribution is 0.218. The van der Waals surface area contributed by atoms with Crippen LogP contribution in [-0.4, -0.2) is 52.9 Å². The fourth-order valence-electron chi connectivity index (χ4n) is 5.07. The lowest BCUT2D eigenvalue weighted by Gasteiger charge is -2.31. The molecule has 6 nitrogen and oxygen atoms in total. The molecule has 176 valence electrons. The molecular formula is C26H40N4O2. The van der Waals surface area contributed by atoms with Crippen LogP contribution in [0.4, 0.5) is 0 Å². The van der Waals surface area contributed by atoms with Gasteiger partial charge in [0.1, 0.15) is 5.75 Å². The summed E-state index contributed by atoms with van der Waals surface area (Å²) in [6.07, 6.45) is 14.6. The number of hydrogen-bond acceptors (Lipinski definition) is 4. The van der Waals surface area contributed by atoms with Gasteiger partial charge in [-0.3, -0.25) is 9.13 Å². The number of aromatic nitrogens is 2. The molecule has 0 atom stereocenters. The molecular weight excluding hydrogens is 400 g/mol. The number of imidazole rings is 1. The summed E-state index contributed by atoms with van der Waals surface area (Å²) in [6, 6.07) is 8.74. The molecule has 6 heteroatoms. The van der Waals surface area contributed by atoms with Gasteiger partial charge >= 0.3 is 5.69 Å². The predicted octanol–water partition coefficient (Wildman–Crippen LogP) is 4.38. The topological polar surface area (TPSA) is 51.4 Å². The quantitative estimate of drug-likeness (QED) is 0.557. The van der Waals surface area contributed by atoms with Crippen LogP contribution in [0.15, 0.2) is 41.5 Å². The first-order chi connectivity index (χ1) is 15.7. The standard InChI is InChI=1S/C26H40N4O2/c1-2-3-21-32-25-13-11-24(12-14-25)30-20-19-29(26(30)31)23-9-7-22(8-10-23)27-15-18-28-16-5-4-6-17-28/h11-14,19-20,22-23,27H,2-10,15-18,21H2,1H3. The van der Waals surface area contributed by atoms with E-state index in [1.165, 1.54) is 38.9 Å². The Morgan fingerprint density at radius 3 is 2.47 bits per heavy atom. The summed E-state index contributed by atoms with van der Waals surface area (Å²) in [5.41, 5.74) is 0.954. The van der Waals surface area contributed by atoms with Gasteiger partial charge in [-0.25, -0.2) is 4.79 Å². The summed E-state index contributed by atoms with van der Waals surface area (Å²) in [5, 5.41) is 3.76. The smallest absolute Gasteiger partial charge is 0.332 e. The number of unbranched alkanes of at least 4 members (excludes halogenated alkanes) is 1. The van der Waals surface area contributed by atoms with E-state index in [1.54, 1.807) is 4.57 Å². The molecule has 1 aromatic heterocycles. The fourth-order valence-corrected chi connectivity index (χ4v) is 5.07. The molecule has 0 unspecified atom stereocenters. The zero-order valence-electron chi connectivity index (χ0n) is 19.7. The van der Waals surface area contributed by atoms with E-state index in [0.717, 1.165) is 63.1 Å². The first-order valence-electron chi connectivity index (χ1n) is 12.7. The van der Waals surface area contributed by atoms with Gasteiger partial charge in [-0.15, -0.1) is 0 Å². The zero-order chi connectivity index (χ0) is 22.2. The molecule has 1 aromatic carbocycles. The molecule has 0 bridgehead atoms. The Bertz CT molecular complexity index is 859. The van der Waals surface area contributed by atoms with E-state index < -0.39 is 0 Å². The normalized spacial score (nSPS) is 22.2. The van der Waals surface area contributed by atoms with Crippen molar-refractivity contribution in [3.8, 4) is 11.4 Å². The zero-order valence-corrected chi connectivity index (χ0v) is 19.7. The Morgan fingerprint density at radius 1 is 1.00 bits per heavy atom. The van der Waals surface area contributed by atoms with Crippen molar-refractivity contribution < 1.29 is 4.74 Å². The first kappa shape index (κ1) is 23.1. The summed E-state index contributed by atoms with van der Waals surface area (Å²) in [5.74, 6) is 0.862. The Balaban J connectivity index is 1.26. The van der Waals surface area contributed by atoms with Crippen LogP contribution in [0.25, 0.3) is 5.69 Å². The number of hydrogen-bond donors (Lipinski definition) is 1. The molecule has 1 saturated heterocycles. The van der Waals surface area contributed by atoms with Gasteiger partial charge in [0.15, 0.2) is 0 Å². The van der Waals surface area contributed by atoms with Gasteiger partial charge in [-0.1, -0.05) is 19.8 Å². The second kappa shape index (κ2) is 11.7. The number of likely N-dealkylation sites (tertiary alicyclic amines) is 1. The number of nitrogens with zero attached hydrogens (tertiary/aromatic N) is 3. The number of rotatable bonds is 10. The summed E-state index contributed by atoms with van der Waals surface area (Å²) in [6.45, 7) is 7.69. The van der Waals surface area contributed by atoms with Crippen molar-refractivity contribution in [1.82, 2.24) is 19.4 Å². The number of nitrogens with one attached hydrogen (secondary N) is 1. The highest BCUT2D eigenvalue weighted by Gasteiger charge is 2.24. The third kappa shape index (κ3) is 6.04. The number of benzene rings is 1. The molecule has 1 saturated carbocycles. The predicted molar refractivity (Wildman–Crippen MR) is 130 cm³/mol. The molecule has 0 amide bonds. The van der Waals surface area contributed by atoms with Crippen LogP contribution in [0.1, 0.15) is 70.8 Å². The molecule has 0 radical (unpaired) electrons. The minimum Gasteiger partial charge on any atom is -0.494 e. The molecule has 0 spiro atoms. The summed E-state index contributed by atoms with van der Waals surface area (Å²) in [4.78, 5) is 15.7. The Hall–Kier alpha value is -2.05.